The van der Waals surface area contributed by atoms with E-state index in [0.29, 0.717) is 5.70 Å². The molecule has 0 saturated carbocycles. The number of allylic oxidation sites excluding steroid dienone is 1. The van der Waals surface area contributed by atoms with E-state index in [4.69, 9.17) is 0 Å². The van der Waals surface area contributed by atoms with E-state index in [0.717, 1.165) is 0 Å². The van der Waals surface area contributed by atoms with Crippen LogP contribution in [0.3, 0.4) is 0 Å². The monoisotopic (exact) mass is 127 g/mol. The summed E-state index contributed by atoms with van der Waals surface area (Å²) in [6.45, 7) is 8.50. The highest BCUT2D eigenvalue weighted by Crippen LogP contribution is 2.14. The lowest BCUT2D eigenvalue weighted by Crippen LogP contribution is -2.20. The van der Waals surface area contributed by atoms with Crippen LogP contribution in [0.15, 0.2) is 16.8 Å². The van der Waals surface area contributed by atoms with Crippen LogP contribution in [0, 0.1) is 0 Å². The van der Waals surface area contributed by atoms with Gasteiger partial charge in [-0.25, -0.2) is 0 Å². The van der Waals surface area contributed by atoms with Gasteiger partial charge in [-0.1, -0.05) is 6.08 Å². The summed E-state index contributed by atoms with van der Waals surface area (Å²) in [5, 5.41) is 9.28. The molecule has 0 aromatic carbocycles. The van der Waals surface area contributed by atoms with Crippen LogP contribution in [0.5, 0.6) is 0 Å². The van der Waals surface area contributed by atoms with Crippen LogP contribution in [0.1, 0.15) is 20.8 Å². The molecule has 0 aliphatic rings. The molecule has 0 aromatic heterocycles. The maximum atomic E-state index is 9.28. The van der Waals surface area contributed by atoms with Gasteiger partial charge in [0.2, 0.25) is 0 Å². The lowest BCUT2D eigenvalue weighted by Gasteiger charge is -2.16. The highest BCUT2D eigenvalue weighted by atomic mass is 16.3. The fourth-order valence-electron chi connectivity index (χ4n) is 0.638. The van der Waals surface area contributed by atoms with Crippen molar-refractivity contribution in [3.63, 3.8) is 0 Å². The van der Waals surface area contributed by atoms with Crippen LogP contribution in [0.4, 0.5) is 0 Å². The molecule has 0 aromatic rings. The van der Waals surface area contributed by atoms with Gasteiger partial charge in [0.25, 0.3) is 0 Å². The number of aliphatic imine (C=N–C) groups is 1. The lowest BCUT2D eigenvalue weighted by molar-refractivity contribution is 0.118. The first-order valence-electron chi connectivity index (χ1n) is 2.88. The van der Waals surface area contributed by atoms with Gasteiger partial charge in [-0.15, -0.1) is 0 Å². The Kier molecular flexibility index (Phi) is 2.59. The number of nitrogens with zero attached hydrogens (tertiary/aromatic N) is 1. The molecule has 0 saturated heterocycles. The molecule has 2 nitrogen and oxygen atoms in total. The van der Waals surface area contributed by atoms with Gasteiger partial charge in [-0.05, 0) is 27.5 Å². The maximum Gasteiger partial charge on any atom is 0.101 e. The first-order chi connectivity index (χ1) is 4.02. The summed E-state index contributed by atoms with van der Waals surface area (Å²) < 4.78 is 0. The van der Waals surface area contributed by atoms with Gasteiger partial charge in [0, 0.05) is 0 Å². The minimum absolute atomic E-state index is 0.613. The zero-order valence-electron chi connectivity index (χ0n) is 6.18. The molecule has 0 aliphatic carbocycles. The van der Waals surface area contributed by atoms with Gasteiger partial charge in [0.15, 0.2) is 0 Å². The third kappa shape index (κ3) is 2.42. The number of hydrogen-bond donors (Lipinski definition) is 1. The van der Waals surface area contributed by atoms with Crippen LogP contribution in [0.25, 0.3) is 0 Å². The summed E-state index contributed by atoms with van der Waals surface area (Å²) in [5.74, 6) is 0. The van der Waals surface area contributed by atoms with Crippen molar-refractivity contribution in [3.8, 4) is 0 Å². The molecule has 0 amide bonds. The maximum absolute atomic E-state index is 9.28. The quantitative estimate of drug-likeness (QED) is 0.558. The topological polar surface area (TPSA) is 32.6 Å². The van der Waals surface area contributed by atoms with Crippen molar-refractivity contribution in [1.29, 1.82) is 0 Å². The zero-order valence-corrected chi connectivity index (χ0v) is 6.18. The molecule has 0 spiro atoms. The molecule has 0 fully saturated rings. The molecular formula is C7H13NO. The Morgan fingerprint density at radius 2 is 2.11 bits per heavy atom. The Hall–Kier alpha value is -0.630. The highest BCUT2D eigenvalue weighted by Gasteiger charge is 2.16. The Balaban J connectivity index is 4.32. The fraction of sp³-hybridized carbons (Fsp3) is 0.571. The average molecular weight is 127 g/mol. The average Bonchev–Trinajstić information content (AvgIpc) is 1.65. The van der Waals surface area contributed by atoms with E-state index in [1.165, 1.54) is 0 Å². The lowest BCUT2D eigenvalue weighted by atomic mass is 10.1. The predicted octanol–water partition coefficient (Wildman–Crippen LogP) is 1.36. The van der Waals surface area contributed by atoms with Gasteiger partial charge in [0.05, 0.1) is 5.70 Å². The van der Waals surface area contributed by atoms with E-state index in [-0.39, 0.29) is 0 Å². The second kappa shape index (κ2) is 2.78. The van der Waals surface area contributed by atoms with Crippen molar-refractivity contribution in [3.05, 3.63) is 11.8 Å². The molecule has 0 aliphatic heterocycles. The van der Waals surface area contributed by atoms with E-state index in [9.17, 15) is 5.11 Å². The van der Waals surface area contributed by atoms with Crippen molar-refractivity contribution in [1.82, 2.24) is 0 Å². The Labute approximate surface area is 55.9 Å². The zero-order chi connectivity index (χ0) is 7.49. The molecule has 0 radical (unpaired) electrons. The van der Waals surface area contributed by atoms with Gasteiger partial charge >= 0.3 is 0 Å². The van der Waals surface area contributed by atoms with Crippen LogP contribution in [-0.4, -0.2) is 17.4 Å². The predicted molar refractivity (Wildman–Crippen MR) is 39.6 cm³/mol. The van der Waals surface area contributed by atoms with Crippen LogP contribution < -0.4 is 0 Å². The van der Waals surface area contributed by atoms with Crippen LogP contribution in [0.2, 0.25) is 0 Å². The first-order valence-corrected chi connectivity index (χ1v) is 2.88. The second-order valence-corrected chi connectivity index (χ2v) is 2.39. The molecule has 1 N–H and O–H groups in total. The highest BCUT2D eigenvalue weighted by molar-refractivity contribution is 5.31. The summed E-state index contributed by atoms with van der Waals surface area (Å²) in [4.78, 5) is 3.64. The van der Waals surface area contributed by atoms with Crippen LogP contribution in [-0.2, 0) is 0 Å². The second-order valence-electron chi connectivity index (χ2n) is 2.39. The fourth-order valence-corrected chi connectivity index (χ4v) is 0.638. The SMILES string of the molecule is C=N/C(=C\C)C(C)(C)O. The van der Waals surface area contributed by atoms with Gasteiger partial charge in [0.1, 0.15) is 5.60 Å². The Morgan fingerprint density at radius 3 is 2.11 bits per heavy atom. The third-order valence-electron chi connectivity index (χ3n) is 1.07. The molecule has 0 atom stereocenters. The summed E-state index contributed by atoms with van der Waals surface area (Å²) in [6, 6.07) is 0. The summed E-state index contributed by atoms with van der Waals surface area (Å²) >= 11 is 0. The molecule has 0 bridgehead atoms. The van der Waals surface area contributed by atoms with E-state index in [1.54, 1.807) is 19.9 Å². The number of rotatable bonds is 2. The van der Waals surface area contributed by atoms with Crippen molar-refractivity contribution in [2.45, 2.75) is 26.4 Å². The minimum Gasteiger partial charge on any atom is -0.384 e. The van der Waals surface area contributed by atoms with Gasteiger partial charge in [-0.2, -0.15) is 0 Å². The molecule has 0 unspecified atom stereocenters. The van der Waals surface area contributed by atoms with Gasteiger partial charge < -0.3 is 5.11 Å². The van der Waals surface area contributed by atoms with E-state index in [1.807, 2.05) is 6.92 Å². The molecular weight excluding hydrogens is 114 g/mol. The molecule has 9 heavy (non-hydrogen) atoms. The van der Waals surface area contributed by atoms with E-state index in [2.05, 4.69) is 11.7 Å². The summed E-state index contributed by atoms with van der Waals surface area (Å²) in [7, 11) is 0. The number of aliphatic hydroxyl groups is 1. The molecule has 2 heteroatoms. The van der Waals surface area contributed by atoms with Crippen molar-refractivity contribution < 1.29 is 5.11 Å². The number of hydrogen-bond acceptors (Lipinski definition) is 2. The largest absolute Gasteiger partial charge is 0.384 e. The minimum atomic E-state index is -0.851. The summed E-state index contributed by atoms with van der Waals surface area (Å²) in [5.41, 5.74) is -0.237. The molecule has 52 valence electrons. The first kappa shape index (κ1) is 8.37. The third-order valence-corrected chi connectivity index (χ3v) is 1.07. The van der Waals surface area contributed by atoms with E-state index >= 15 is 0 Å². The molecule has 0 rings (SSSR count). The van der Waals surface area contributed by atoms with Crippen LogP contribution >= 0.6 is 0 Å². The Bertz CT molecular complexity index is 130. The van der Waals surface area contributed by atoms with Crippen molar-refractivity contribution in [2.24, 2.45) is 4.99 Å². The van der Waals surface area contributed by atoms with Crippen molar-refractivity contribution >= 4 is 6.72 Å². The molecule has 0 heterocycles. The summed E-state index contributed by atoms with van der Waals surface area (Å²) in [6.07, 6.45) is 1.74. The van der Waals surface area contributed by atoms with E-state index < -0.39 is 5.60 Å². The van der Waals surface area contributed by atoms with Crippen molar-refractivity contribution in [2.75, 3.05) is 0 Å². The van der Waals surface area contributed by atoms with Gasteiger partial charge in [-0.3, -0.25) is 4.99 Å². The smallest absolute Gasteiger partial charge is 0.101 e. The standard InChI is InChI=1S/C7H13NO/c1-5-6(8-4)7(2,3)9/h5,9H,4H2,1-3H3/b6-5-. The normalized spacial score (nSPS) is 13.6. The Morgan fingerprint density at radius 1 is 1.67 bits per heavy atom.